The predicted octanol–water partition coefficient (Wildman–Crippen LogP) is 6.09. The number of aromatic nitrogens is 2. The molecule has 0 bridgehead atoms. The molecule has 0 atom stereocenters. The SMILES string of the molecule is O=C1Nc2cc(CCOc3ccc(N4CCOCC4)cc3)ccc2Nc2cc(-c3cn(CCN4CCCC4=O)c4cnccc34)ccc21. The molecule has 0 aliphatic carbocycles. The Morgan fingerprint density at radius 2 is 1.71 bits per heavy atom. The van der Waals surface area contributed by atoms with Gasteiger partial charge < -0.3 is 34.5 Å². The second-order valence-electron chi connectivity index (χ2n) is 12.5. The molecule has 10 nitrogen and oxygen atoms in total. The summed E-state index contributed by atoms with van der Waals surface area (Å²) >= 11 is 0. The van der Waals surface area contributed by atoms with Gasteiger partial charge in [0.25, 0.3) is 5.91 Å². The van der Waals surface area contributed by atoms with Crippen molar-refractivity contribution in [3.05, 3.63) is 96.4 Å². The van der Waals surface area contributed by atoms with Crippen LogP contribution in [0.1, 0.15) is 28.8 Å². The molecule has 8 rings (SSSR count). The van der Waals surface area contributed by atoms with E-state index in [9.17, 15) is 9.59 Å². The fourth-order valence-corrected chi connectivity index (χ4v) is 6.89. The summed E-state index contributed by atoms with van der Waals surface area (Å²) in [5, 5.41) is 7.70. The van der Waals surface area contributed by atoms with Crippen LogP contribution in [-0.2, 0) is 22.5 Å². The number of likely N-dealkylation sites (tertiary alicyclic amines) is 1. The van der Waals surface area contributed by atoms with Crippen LogP contribution in [0.2, 0.25) is 0 Å². The van der Waals surface area contributed by atoms with Crippen LogP contribution in [0.4, 0.5) is 22.7 Å². The van der Waals surface area contributed by atoms with E-state index >= 15 is 0 Å². The van der Waals surface area contributed by atoms with Gasteiger partial charge in [-0.3, -0.25) is 14.6 Å². The molecular formula is C38H38N6O4. The highest BCUT2D eigenvalue weighted by Gasteiger charge is 2.23. The van der Waals surface area contributed by atoms with Gasteiger partial charge in [-0.25, -0.2) is 0 Å². The highest BCUT2D eigenvalue weighted by molar-refractivity contribution is 6.13. The minimum absolute atomic E-state index is 0.154. The zero-order valence-electron chi connectivity index (χ0n) is 26.8. The zero-order valence-corrected chi connectivity index (χ0v) is 26.8. The molecule has 2 amide bonds. The van der Waals surface area contributed by atoms with Crippen LogP contribution in [0.25, 0.3) is 22.0 Å². The van der Waals surface area contributed by atoms with E-state index in [1.807, 2.05) is 59.6 Å². The molecule has 0 spiro atoms. The lowest BCUT2D eigenvalue weighted by Gasteiger charge is -2.28. The Morgan fingerprint density at radius 1 is 0.833 bits per heavy atom. The summed E-state index contributed by atoms with van der Waals surface area (Å²) in [7, 11) is 0. The van der Waals surface area contributed by atoms with E-state index in [2.05, 4.69) is 49.5 Å². The van der Waals surface area contributed by atoms with Crippen molar-refractivity contribution < 1.29 is 19.1 Å². The van der Waals surface area contributed by atoms with Gasteiger partial charge in [0.15, 0.2) is 0 Å². The second kappa shape index (κ2) is 13.0. The first-order chi connectivity index (χ1) is 23.6. The summed E-state index contributed by atoms with van der Waals surface area (Å²) in [4.78, 5) is 34.2. The number of benzene rings is 3. The highest BCUT2D eigenvalue weighted by atomic mass is 16.5. The van der Waals surface area contributed by atoms with E-state index in [0.29, 0.717) is 38.1 Å². The number of rotatable bonds is 9. The molecule has 3 aliphatic heterocycles. The molecule has 5 heterocycles. The molecule has 0 saturated carbocycles. The van der Waals surface area contributed by atoms with Gasteiger partial charge in [-0.1, -0.05) is 12.1 Å². The quantitative estimate of drug-likeness (QED) is 0.201. The van der Waals surface area contributed by atoms with E-state index in [4.69, 9.17) is 9.47 Å². The molecule has 48 heavy (non-hydrogen) atoms. The van der Waals surface area contributed by atoms with Gasteiger partial charge in [0.2, 0.25) is 5.91 Å². The van der Waals surface area contributed by atoms with Crippen molar-refractivity contribution in [1.29, 1.82) is 0 Å². The van der Waals surface area contributed by atoms with Crippen LogP contribution < -0.4 is 20.3 Å². The van der Waals surface area contributed by atoms with E-state index in [0.717, 1.165) is 89.7 Å². The number of pyridine rings is 1. The maximum Gasteiger partial charge on any atom is 0.257 e. The van der Waals surface area contributed by atoms with Gasteiger partial charge in [0, 0.05) is 74.6 Å². The monoisotopic (exact) mass is 642 g/mol. The number of nitrogens with zero attached hydrogens (tertiary/aromatic N) is 4. The lowest BCUT2D eigenvalue weighted by molar-refractivity contribution is -0.127. The number of ether oxygens (including phenoxy) is 2. The Morgan fingerprint density at radius 3 is 2.54 bits per heavy atom. The summed E-state index contributed by atoms with van der Waals surface area (Å²) in [5.41, 5.74) is 8.24. The minimum atomic E-state index is -0.154. The van der Waals surface area contributed by atoms with Gasteiger partial charge in [0.1, 0.15) is 5.75 Å². The van der Waals surface area contributed by atoms with Crippen LogP contribution >= 0.6 is 0 Å². The number of nitrogens with one attached hydrogen (secondary N) is 2. The third-order valence-electron chi connectivity index (χ3n) is 9.52. The normalized spacial score (nSPS) is 15.9. The van der Waals surface area contributed by atoms with Crippen LogP contribution in [0.3, 0.4) is 0 Å². The topological polar surface area (TPSA) is 101 Å². The molecule has 0 unspecified atom stereocenters. The molecule has 3 aliphatic rings. The van der Waals surface area contributed by atoms with Gasteiger partial charge in [-0.15, -0.1) is 0 Å². The lowest BCUT2D eigenvalue weighted by atomic mass is 10.0. The van der Waals surface area contributed by atoms with Crippen molar-refractivity contribution in [2.45, 2.75) is 25.8 Å². The summed E-state index contributed by atoms with van der Waals surface area (Å²) in [6, 6.07) is 22.3. The van der Waals surface area contributed by atoms with Crippen LogP contribution in [-0.4, -0.2) is 72.3 Å². The molecular weight excluding hydrogens is 604 g/mol. The Balaban J connectivity index is 0.965. The van der Waals surface area contributed by atoms with E-state index in [1.54, 1.807) is 6.20 Å². The molecule has 2 aromatic heterocycles. The average Bonchev–Trinajstić information content (AvgIpc) is 3.67. The van der Waals surface area contributed by atoms with E-state index in [1.165, 1.54) is 5.69 Å². The fraction of sp³-hybridized carbons (Fsp3) is 0.289. The maximum atomic E-state index is 13.4. The standard InChI is InChI=1S/C38H38N6O4/c45-37-2-1-14-43(37)15-16-44-25-32(30-11-13-39-24-36(30)44)27-4-9-31-34(23-27)40-33-10-3-26(22-35(33)41-38(31)46)12-19-48-29-7-5-28(6-8-29)42-17-20-47-21-18-42/h3-11,13,22-25,40H,1-2,12,14-21H2,(H,41,46). The van der Waals surface area contributed by atoms with Crippen LogP contribution in [0.5, 0.6) is 5.75 Å². The first-order valence-corrected chi connectivity index (χ1v) is 16.7. The third-order valence-corrected chi connectivity index (χ3v) is 9.52. The summed E-state index contributed by atoms with van der Waals surface area (Å²) < 4.78 is 13.7. The molecule has 0 radical (unpaired) electrons. The molecule has 2 N–H and O–H groups in total. The van der Waals surface area contributed by atoms with Gasteiger partial charge in [0.05, 0.1) is 54.2 Å². The summed E-state index contributed by atoms with van der Waals surface area (Å²) in [5.74, 6) is 0.911. The van der Waals surface area contributed by atoms with Crippen LogP contribution in [0, 0.1) is 0 Å². The molecule has 2 fully saturated rings. The molecule has 10 heteroatoms. The Labute approximate surface area is 279 Å². The van der Waals surface area contributed by atoms with Crippen molar-refractivity contribution in [2.75, 3.05) is 61.5 Å². The fourth-order valence-electron chi connectivity index (χ4n) is 6.89. The summed E-state index contributed by atoms with van der Waals surface area (Å²) in [6.45, 7) is 6.05. The van der Waals surface area contributed by atoms with Gasteiger partial charge in [-0.05, 0) is 72.1 Å². The number of carbonyl (C=O) groups excluding carboxylic acids is 2. The summed E-state index contributed by atoms with van der Waals surface area (Å²) in [6.07, 6.45) is 8.08. The maximum absolute atomic E-state index is 13.4. The Kier molecular flexibility index (Phi) is 8.15. The van der Waals surface area contributed by atoms with Crippen molar-refractivity contribution >= 4 is 45.5 Å². The Bertz CT molecular complexity index is 1980. The van der Waals surface area contributed by atoms with Crippen molar-refractivity contribution in [3.8, 4) is 16.9 Å². The zero-order chi connectivity index (χ0) is 32.5. The van der Waals surface area contributed by atoms with Crippen molar-refractivity contribution in [2.24, 2.45) is 0 Å². The van der Waals surface area contributed by atoms with Crippen molar-refractivity contribution in [3.63, 3.8) is 0 Å². The number of morpholine rings is 1. The average molecular weight is 643 g/mol. The van der Waals surface area contributed by atoms with Gasteiger partial charge >= 0.3 is 0 Å². The highest BCUT2D eigenvalue weighted by Crippen LogP contribution is 2.37. The third kappa shape index (κ3) is 6.06. The lowest BCUT2D eigenvalue weighted by Crippen LogP contribution is -2.36. The second-order valence-corrected chi connectivity index (χ2v) is 12.5. The first kappa shape index (κ1) is 30.0. The smallest absolute Gasteiger partial charge is 0.257 e. The molecule has 2 saturated heterocycles. The number of anilines is 4. The number of hydrogen-bond donors (Lipinski definition) is 2. The van der Waals surface area contributed by atoms with Crippen LogP contribution in [0.15, 0.2) is 85.3 Å². The Hall–Kier alpha value is -5.35. The minimum Gasteiger partial charge on any atom is -0.493 e. The number of hydrogen-bond acceptors (Lipinski definition) is 7. The number of amides is 2. The molecule has 3 aromatic carbocycles. The largest absolute Gasteiger partial charge is 0.493 e. The van der Waals surface area contributed by atoms with Crippen molar-refractivity contribution in [1.82, 2.24) is 14.5 Å². The van der Waals surface area contributed by atoms with E-state index in [-0.39, 0.29) is 11.8 Å². The molecule has 244 valence electrons. The number of carbonyl (C=O) groups is 2. The van der Waals surface area contributed by atoms with E-state index < -0.39 is 0 Å². The first-order valence-electron chi connectivity index (χ1n) is 16.7. The van der Waals surface area contributed by atoms with Gasteiger partial charge in [-0.2, -0.15) is 0 Å². The number of fused-ring (bicyclic) bond motifs is 3. The molecule has 5 aromatic rings. The predicted molar refractivity (Wildman–Crippen MR) is 187 cm³/mol.